The van der Waals surface area contributed by atoms with Crippen LogP contribution in [0.2, 0.25) is 0 Å². The number of hydrogen-bond donors (Lipinski definition) is 0. The van der Waals surface area contributed by atoms with Gasteiger partial charge in [-0.2, -0.15) is 0 Å². The van der Waals surface area contributed by atoms with E-state index in [2.05, 4.69) is 41.5 Å². The molecule has 0 heterocycles. The van der Waals surface area contributed by atoms with Crippen LogP contribution in [0.4, 0.5) is 0 Å². The first-order valence-corrected chi connectivity index (χ1v) is 25.6. The van der Waals surface area contributed by atoms with Crippen LogP contribution in [0, 0.1) is 17.8 Å². The van der Waals surface area contributed by atoms with E-state index in [1.54, 1.807) is 0 Å². The lowest BCUT2D eigenvalue weighted by Crippen LogP contribution is -2.30. The molecular formula is C52H100O6. The molecule has 1 unspecified atom stereocenters. The predicted octanol–water partition coefficient (Wildman–Crippen LogP) is 16.4. The smallest absolute Gasteiger partial charge is 0.306 e. The first kappa shape index (κ1) is 56.4. The molecule has 6 heteroatoms. The summed E-state index contributed by atoms with van der Waals surface area (Å²) in [5.74, 6) is 1.64. The fourth-order valence-electron chi connectivity index (χ4n) is 7.73. The van der Waals surface area contributed by atoms with Crippen LogP contribution < -0.4 is 0 Å². The molecule has 0 aliphatic heterocycles. The third-order valence-electron chi connectivity index (χ3n) is 12.0. The van der Waals surface area contributed by atoms with Gasteiger partial charge in [-0.25, -0.2) is 0 Å². The van der Waals surface area contributed by atoms with Gasteiger partial charge in [-0.05, 0) is 37.0 Å². The van der Waals surface area contributed by atoms with Crippen LogP contribution >= 0.6 is 0 Å². The van der Waals surface area contributed by atoms with Crippen LogP contribution in [0.25, 0.3) is 0 Å². The summed E-state index contributed by atoms with van der Waals surface area (Å²) in [5.41, 5.74) is 0. The third-order valence-corrected chi connectivity index (χ3v) is 12.0. The maximum atomic E-state index is 12.8. The average Bonchev–Trinajstić information content (AvgIpc) is 3.19. The Labute approximate surface area is 361 Å². The lowest BCUT2D eigenvalue weighted by Gasteiger charge is -2.18. The fraction of sp³-hybridized carbons (Fsp3) is 0.942. The third kappa shape index (κ3) is 44.0. The Kier molecular flexibility index (Phi) is 42.3. The molecule has 58 heavy (non-hydrogen) atoms. The molecule has 0 spiro atoms. The lowest BCUT2D eigenvalue weighted by atomic mass is 9.99. The van der Waals surface area contributed by atoms with Gasteiger partial charge in [-0.3, -0.25) is 14.4 Å². The molecule has 0 rings (SSSR count). The predicted molar refractivity (Wildman–Crippen MR) is 247 cm³/mol. The molecule has 2 atom stereocenters. The summed E-state index contributed by atoms with van der Waals surface area (Å²) >= 11 is 0. The molecule has 0 amide bonds. The van der Waals surface area contributed by atoms with Crippen LogP contribution in [0.3, 0.4) is 0 Å². The minimum atomic E-state index is -0.763. The SMILES string of the molecule is CCC(C)CCCCCCCCCCCCC(=O)OC[C@H](COC(=O)CCCCCCCCCCCCCCC(C)C)OC(=O)CCCCCCCCCCC(C)C. The molecule has 0 aliphatic rings. The first-order chi connectivity index (χ1) is 28.1. The zero-order valence-corrected chi connectivity index (χ0v) is 39.8. The molecule has 0 aromatic heterocycles. The number of ether oxygens (including phenoxy) is 3. The highest BCUT2D eigenvalue weighted by Gasteiger charge is 2.19. The van der Waals surface area contributed by atoms with Crippen molar-refractivity contribution >= 4 is 17.9 Å². The molecule has 0 aromatic carbocycles. The van der Waals surface area contributed by atoms with Gasteiger partial charge in [-0.1, -0.05) is 241 Å². The summed E-state index contributed by atoms with van der Waals surface area (Å²) in [4.78, 5) is 37.9. The van der Waals surface area contributed by atoms with Crippen LogP contribution in [-0.2, 0) is 28.6 Å². The van der Waals surface area contributed by atoms with Gasteiger partial charge in [0.15, 0.2) is 6.10 Å². The van der Waals surface area contributed by atoms with Crippen molar-refractivity contribution in [3.05, 3.63) is 0 Å². The zero-order chi connectivity index (χ0) is 42.7. The zero-order valence-electron chi connectivity index (χ0n) is 39.8. The van der Waals surface area contributed by atoms with Gasteiger partial charge < -0.3 is 14.2 Å². The Morgan fingerprint density at radius 3 is 0.897 bits per heavy atom. The number of carbonyl (C=O) groups is 3. The molecule has 344 valence electrons. The van der Waals surface area contributed by atoms with E-state index in [1.165, 1.54) is 161 Å². The van der Waals surface area contributed by atoms with E-state index in [0.29, 0.717) is 19.3 Å². The van der Waals surface area contributed by atoms with Gasteiger partial charge in [-0.15, -0.1) is 0 Å². The van der Waals surface area contributed by atoms with E-state index in [4.69, 9.17) is 14.2 Å². The Balaban J connectivity index is 4.31. The summed E-state index contributed by atoms with van der Waals surface area (Å²) < 4.78 is 16.8. The quantitative estimate of drug-likeness (QED) is 0.0346. The van der Waals surface area contributed by atoms with Crippen molar-refractivity contribution in [2.24, 2.45) is 17.8 Å². The van der Waals surface area contributed by atoms with Crippen molar-refractivity contribution in [2.45, 2.75) is 285 Å². The molecule has 0 N–H and O–H groups in total. The summed E-state index contributed by atoms with van der Waals surface area (Å²) in [6, 6.07) is 0. The average molecular weight is 821 g/mol. The van der Waals surface area contributed by atoms with Crippen molar-refractivity contribution in [1.29, 1.82) is 0 Å². The van der Waals surface area contributed by atoms with Crippen LogP contribution in [-0.4, -0.2) is 37.2 Å². The molecule has 0 fully saturated rings. The first-order valence-electron chi connectivity index (χ1n) is 25.6. The number of rotatable bonds is 45. The van der Waals surface area contributed by atoms with Gasteiger partial charge in [0.1, 0.15) is 13.2 Å². The number of esters is 3. The van der Waals surface area contributed by atoms with Crippen molar-refractivity contribution < 1.29 is 28.6 Å². The summed E-state index contributed by atoms with van der Waals surface area (Å²) in [6.07, 6.45) is 42.3. The highest BCUT2D eigenvalue weighted by molar-refractivity contribution is 5.71. The molecule has 0 aliphatic carbocycles. The molecule has 0 saturated carbocycles. The van der Waals surface area contributed by atoms with E-state index >= 15 is 0 Å². The Morgan fingerprint density at radius 1 is 0.345 bits per heavy atom. The molecule has 0 radical (unpaired) electrons. The van der Waals surface area contributed by atoms with Gasteiger partial charge >= 0.3 is 17.9 Å². The second-order valence-electron chi connectivity index (χ2n) is 19.0. The van der Waals surface area contributed by atoms with E-state index < -0.39 is 6.10 Å². The molecule has 0 aromatic rings. The van der Waals surface area contributed by atoms with E-state index in [-0.39, 0.29) is 31.1 Å². The normalized spacial score (nSPS) is 12.6. The lowest BCUT2D eigenvalue weighted by molar-refractivity contribution is -0.167. The second-order valence-corrected chi connectivity index (χ2v) is 19.0. The van der Waals surface area contributed by atoms with E-state index in [9.17, 15) is 14.4 Å². The van der Waals surface area contributed by atoms with Crippen LogP contribution in [0.1, 0.15) is 279 Å². The van der Waals surface area contributed by atoms with Crippen LogP contribution in [0.15, 0.2) is 0 Å². The van der Waals surface area contributed by atoms with Gasteiger partial charge in [0, 0.05) is 19.3 Å². The van der Waals surface area contributed by atoms with Crippen molar-refractivity contribution in [3.8, 4) is 0 Å². The second kappa shape index (κ2) is 43.5. The van der Waals surface area contributed by atoms with Crippen molar-refractivity contribution in [2.75, 3.05) is 13.2 Å². The fourth-order valence-corrected chi connectivity index (χ4v) is 7.73. The molecular weight excluding hydrogens is 721 g/mol. The monoisotopic (exact) mass is 821 g/mol. The molecule has 6 nitrogen and oxygen atoms in total. The van der Waals surface area contributed by atoms with E-state index in [0.717, 1.165) is 75.5 Å². The summed E-state index contributed by atoms with van der Waals surface area (Å²) in [6.45, 7) is 13.7. The topological polar surface area (TPSA) is 78.9 Å². The highest BCUT2D eigenvalue weighted by Crippen LogP contribution is 2.18. The van der Waals surface area contributed by atoms with Gasteiger partial charge in [0.25, 0.3) is 0 Å². The Morgan fingerprint density at radius 2 is 0.603 bits per heavy atom. The molecule has 0 bridgehead atoms. The van der Waals surface area contributed by atoms with Crippen molar-refractivity contribution in [3.63, 3.8) is 0 Å². The standard InChI is InChI=1S/C52H100O6/c1-7-48(6)40-34-28-22-15-12-13-17-24-30-36-42-51(54)57-45-49(58-52(55)43-37-31-25-19-18-21-27-33-39-47(4)5)44-56-50(53)41-35-29-23-16-11-9-8-10-14-20-26-32-38-46(2)3/h46-49H,7-45H2,1-6H3/t48?,49-/m0/s1. The minimum absolute atomic E-state index is 0.0652. The number of hydrogen-bond acceptors (Lipinski definition) is 6. The van der Waals surface area contributed by atoms with Crippen molar-refractivity contribution in [1.82, 2.24) is 0 Å². The van der Waals surface area contributed by atoms with Crippen LogP contribution in [0.5, 0.6) is 0 Å². The van der Waals surface area contributed by atoms with Gasteiger partial charge in [0.05, 0.1) is 0 Å². The maximum absolute atomic E-state index is 12.8. The number of unbranched alkanes of at least 4 members (excludes halogenated alkanes) is 27. The summed E-state index contributed by atoms with van der Waals surface area (Å²) in [5, 5.41) is 0. The largest absolute Gasteiger partial charge is 0.462 e. The van der Waals surface area contributed by atoms with Gasteiger partial charge in [0.2, 0.25) is 0 Å². The number of carbonyl (C=O) groups excluding carboxylic acids is 3. The maximum Gasteiger partial charge on any atom is 0.306 e. The van der Waals surface area contributed by atoms with E-state index in [1.807, 2.05) is 0 Å². The summed E-state index contributed by atoms with van der Waals surface area (Å²) in [7, 11) is 0. The minimum Gasteiger partial charge on any atom is -0.462 e. The molecule has 0 saturated heterocycles. The highest BCUT2D eigenvalue weighted by atomic mass is 16.6. The Bertz CT molecular complexity index is 900. The Hall–Kier alpha value is -1.59.